The zero-order valence-corrected chi connectivity index (χ0v) is 13.1. The monoisotopic (exact) mass is 304 g/mol. The molecular formula is C15H20N4OS. The second-order valence-electron chi connectivity index (χ2n) is 5.25. The number of nitrogen functional groups attached to an aromatic ring is 1. The van der Waals surface area contributed by atoms with Crippen LogP contribution in [0.15, 0.2) is 29.9 Å². The summed E-state index contributed by atoms with van der Waals surface area (Å²) in [6.07, 6.45) is 4.55. The van der Waals surface area contributed by atoms with Gasteiger partial charge in [0.25, 0.3) is 0 Å². The zero-order chi connectivity index (χ0) is 15.2. The molecule has 0 saturated carbocycles. The van der Waals surface area contributed by atoms with E-state index in [1.165, 1.54) is 11.3 Å². The molecule has 3 N–H and O–H groups in total. The normalized spacial score (nSPS) is 12.3. The molecule has 1 atom stereocenters. The summed E-state index contributed by atoms with van der Waals surface area (Å²) in [5.74, 6) is 0.317. The third-order valence-electron chi connectivity index (χ3n) is 3.20. The van der Waals surface area contributed by atoms with Crippen molar-refractivity contribution in [1.29, 1.82) is 0 Å². The van der Waals surface area contributed by atoms with Gasteiger partial charge >= 0.3 is 0 Å². The Morgan fingerprint density at radius 2 is 2.29 bits per heavy atom. The number of hydrogen-bond acceptors (Lipinski definition) is 5. The van der Waals surface area contributed by atoms with Crippen LogP contribution in [0.2, 0.25) is 0 Å². The summed E-state index contributed by atoms with van der Waals surface area (Å²) in [7, 11) is 0. The van der Waals surface area contributed by atoms with Crippen molar-refractivity contribution in [2.24, 2.45) is 5.92 Å². The highest BCUT2D eigenvalue weighted by Crippen LogP contribution is 2.21. The maximum Gasteiger partial charge on any atom is 0.220 e. The molecule has 0 aromatic carbocycles. The summed E-state index contributed by atoms with van der Waals surface area (Å²) in [5, 5.41) is 5.51. The van der Waals surface area contributed by atoms with E-state index in [2.05, 4.69) is 29.1 Å². The Bertz CT molecular complexity index is 582. The fourth-order valence-electron chi connectivity index (χ4n) is 2.12. The van der Waals surface area contributed by atoms with Gasteiger partial charge in [0.2, 0.25) is 5.91 Å². The van der Waals surface area contributed by atoms with E-state index < -0.39 is 0 Å². The molecule has 2 heterocycles. The molecule has 21 heavy (non-hydrogen) atoms. The van der Waals surface area contributed by atoms with Crippen LogP contribution in [0.5, 0.6) is 0 Å². The molecule has 5 nitrogen and oxygen atoms in total. The van der Waals surface area contributed by atoms with E-state index in [0.29, 0.717) is 23.9 Å². The number of carbonyl (C=O) groups excluding carboxylic acids is 1. The number of nitrogens with zero attached hydrogens (tertiary/aromatic N) is 2. The summed E-state index contributed by atoms with van der Waals surface area (Å²) >= 11 is 1.40. The predicted octanol–water partition coefficient (Wildman–Crippen LogP) is 2.57. The zero-order valence-electron chi connectivity index (χ0n) is 12.2. The first-order valence-electron chi connectivity index (χ1n) is 6.95. The van der Waals surface area contributed by atoms with Crippen molar-refractivity contribution < 1.29 is 4.79 Å². The Morgan fingerprint density at radius 1 is 1.48 bits per heavy atom. The van der Waals surface area contributed by atoms with Gasteiger partial charge in [-0.3, -0.25) is 9.78 Å². The number of aromatic nitrogens is 2. The van der Waals surface area contributed by atoms with Gasteiger partial charge in [-0.25, -0.2) is 4.98 Å². The van der Waals surface area contributed by atoms with E-state index >= 15 is 0 Å². The first-order valence-corrected chi connectivity index (χ1v) is 7.83. The number of carbonyl (C=O) groups is 1. The van der Waals surface area contributed by atoms with Crippen LogP contribution in [-0.4, -0.2) is 15.9 Å². The second-order valence-corrected chi connectivity index (χ2v) is 6.14. The number of anilines is 1. The minimum Gasteiger partial charge on any atom is -0.375 e. The van der Waals surface area contributed by atoms with Gasteiger partial charge in [-0.15, -0.1) is 11.3 Å². The molecule has 1 unspecified atom stereocenters. The van der Waals surface area contributed by atoms with Crippen molar-refractivity contribution in [1.82, 2.24) is 15.3 Å². The summed E-state index contributed by atoms with van der Waals surface area (Å²) in [5.41, 5.74) is 7.48. The van der Waals surface area contributed by atoms with E-state index in [1.54, 1.807) is 12.4 Å². The second kappa shape index (κ2) is 7.17. The van der Waals surface area contributed by atoms with Crippen molar-refractivity contribution in [2.75, 3.05) is 5.73 Å². The highest BCUT2D eigenvalue weighted by molar-refractivity contribution is 7.13. The lowest BCUT2D eigenvalue weighted by Crippen LogP contribution is -2.32. The van der Waals surface area contributed by atoms with Crippen LogP contribution in [0.1, 0.15) is 37.6 Å². The van der Waals surface area contributed by atoms with Gasteiger partial charge in [0, 0.05) is 24.2 Å². The minimum atomic E-state index is -0.0216. The van der Waals surface area contributed by atoms with Crippen LogP contribution in [0.25, 0.3) is 0 Å². The number of nitrogens with one attached hydrogen (secondary N) is 1. The van der Waals surface area contributed by atoms with Crippen molar-refractivity contribution in [2.45, 2.75) is 32.7 Å². The van der Waals surface area contributed by atoms with Crippen molar-refractivity contribution >= 4 is 22.4 Å². The topological polar surface area (TPSA) is 80.9 Å². The lowest BCUT2D eigenvalue weighted by molar-refractivity contribution is -0.122. The van der Waals surface area contributed by atoms with E-state index in [9.17, 15) is 4.79 Å². The number of rotatable bonds is 6. The van der Waals surface area contributed by atoms with Crippen molar-refractivity contribution in [3.63, 3.8) is 0 Å². The summed E-state index contributed by atoms with van der Waals surface area (Å²) in [6, 6.07) is 3.85. The van der Waals surface area contributed by atoms with Gasteiger partial charge in [-0.2, -0.15) is 0 Å². The summed E-state index contributed by atoms with van der Waals surface area (Å²) < 4.78 is 0. The molecule has 6 heteroatoms. The fraction of sp³-hybridized carbons (Fsp3) is 0.400. The van der Waals surface area contributed by atoms with Crippen molar-refractivity contribution in [3.8, 4) is 0 Å². The molecule has 0 aliphatic heterocycles. The fourth-order valence-corrected chi connectivity index (χ4v) is 2.72. The van der Waals surface area contributed by atoms with Gasteiger partial charge < -0.3 is 11.1 Å². The Labute approximate surface area is 128 Å². The number of hydrogen-bond donors (Lipinski definition) is 2. The minimum absolute atomic E-state index is 0.0177. The number of nitrogens with two attached hydrogens (primary N) is 1. The summed E-state index contributed by atoms with van der Waals surface area (Å²) in [4.78, 5) is 20.4. The lowest BCUT2D eigenvalue weighted by Gasteiger charge is -2.22. The Balaban J connectivity index is 1.93. The average Bonchev–Trinajstić information content (AvgIpc) is 2.89. The van der Waals surface area contributed by atoms with Gasteiger partial charge in [-0.05, 0) is 24.0 Å². The molecule has 0 aliphatic carbocycles. The molecule has 0 aliphatic rings. The molecule has 1 amide bonds. The number of aryl methyl sites for hydroxylation is 1. The largest absolute Gasteiger partial charge is 0.375 e. The van der Waals surface area contributed by atoms with Crippen LogP contribution in [-0.2, 0) is 11.2 Å². The van der Waals surface area contributed by atoms with Crippen LogP contribution in [0.3, 0.4) is 0 Å². The van der Waals surface area contributed by atoms with Crippen LogP contribution >= 0.6 is 11.3 Å². The number of amides is 1. The van der Waals surface area contributed by atoms with Crippen LogP contribution in [0.4, 0.5) is 5.13 Å². The molecule has 0 fully saturated rings. The van der Waals surface area contributed by atoms with E-state index in [1.807, 2.05) is 17.5 Å². The number of pyridine rings is 1. The SMILES string of the molecule is CC(C)C(NC(=O)CCc1csc(N)n1)c1cccnc1. The molecular weight excluding hydrogens is 284 g/mol. The van der Waals surface area contributed by atoms with E-state index in [-0.39, 0.29) is 11.9 Å². The van der Waals surface area contributed by atoms with Gasteiger partial charge in [0.05, 0.1) is 11.7 Å². The van der Waals surface area contributed by atoms with Gasteiger partial charge in [0.1, 0.15) is 0 Å². The third kappa shape index (κ3) is 4.53. The predicted molar refractivity (Wildman–Crippen MR) is 84.8 cm³/mol. The Kier molecular flexibility index (Phi) is 5.27. The molecule has 2 rings (SSSR count). The van der Waals surface area contributed by atoms with Crippen LogP contribution in [0, 0.1) is 5.92 Å². The molecule has 0 radical (unpaired) electrons. The Hall–Kier alpha value is -1.95. The lowest BCUT2D eigenvalue weighted by atomic mass is 9.97. The quantitative estimate of drug-likeness (QED) is 0.859. The van der Waals surface area contributed by atoms with E-state index in [4.69, 9.17) is 5.73 Å². The first kappa shape index (κ1) is 15.4. The molecule has 0 saturated heterocycles. The average molecular weight is 304 g/mol. The maximum atomic E-state index is 12.1. The molecule has 0 bridgehead atoms. The van der Waals surface area contributed by atoms with Gasteiger partial charge in [0.15, 0.2) is 5.13 Å². The highest BCUT2D eigenvalue weighted by Gasteiger charge is 2.18. The first-order chi connectivity index (χ1) is 10.1. The maximum absolute atomic E-state index is 12.1. The number of thiazole rings is 1. The molecule has 112 valence electrons. The third-order valence-corrected chi connectivity index (χ3v) is 3.93. The smallest absolute Gasteiger partial charge is 0.220 e. The highest BCUT2D eigenvalue weighted by atomic mass is 32.1. The molecule has 2 aromatic heterocycles. The van der Waals surface area contributed by atoms with Gasteiger partial charge in [-0.1, -0.05) is 19.9 Å². The molecule has 0 spiro atoms. The Morgan fingerprint density at radius 3 is 2.86 bits per heavy atom. The standard InChI is InChI=1S/C15H20N4OS/c1-10(2)14(11-4-3-7-17-8-11)19-13(20)6-5-12-9-21-15(16)18-12/h3-4,7-10,14H,5-6H2,1-2H3,(H2,16,18)(H,19,20). The van der Waals surface area contributed by atoms with Crippen molar-refractivity contribution in [3.05, 3.63) is 41.2 Å². The van der Waals surface area contributed by atoms with E-state index in [0.717, 1.165) is 11.3 Å². The van der Waals surface area contributed by atoms with Crippen LogP contribution < -0.4 is 11.1 Å². The summed E-state index contributed by atoms with van der Waals surface area (Å²) in [6.45, 7) is 4.16. The molecule has 2 aromatic rings.